The Morgan fingerprint density at radius 1 is 1.50 bits per heavy atom. The molecule has 22 heavy (non-hydrogen) atoms. The van der Waals surface area contributed by atoms with Gasteiger partial charge >= 0.3 is 5.97 Å². The molecule has 3 rings (SSSR count). The fourth-order valence-corrected chi connectivity index (χ4v) is 3.29. The molecule has 5 nitrogen and oxygen atoms in total. The Morgan fingerprint density at radius 2 is 2.23 bits per heavy atom. The van der Waals surface area contributed by atoms with Crippen LogP contribution in [-0.4, -0.2) is 35.2 Å². The minimum atomic E-state index is -1.13. The van der Waals surface area contributed by atoms with Crippen LogP contribution < -0.4 is 10.6 Å². The lowest BCUT2D eigenvalue weighted by molar-refractivity contribution is 0.0698. The van der Waals surface area contributed by atoms with E-state index in [1.54, 1.807) is 0 Å². The molecule has 0 radical (unpaired) electrons. The van der Waals surface area contributed by atoms with Gasteiger partial charge < -0.3 is 20.7 Å². The Balaban J connectivity index is 2.28. The molecule has 0 bridgehead atoms. The second kappa shape index (κ2) is 5.28. The summed E-state index contributed by atoms with van der Waals surface area (Å²) in [6.45, 7) is 5.06. The second-order valence-corrected chi connectivity index (χ2v) is 6.03. The standard InChI is InChI=1S/C16H20FN3O2/c1-8-9(2)19-14-11(16(21)22)6-12(17)15(13(8)14)20-5-3-4-10(18)7-20/h6,10,19H,3-5,7,18H2,1-2H3,(H,21,22)/t10-/m0/s1. The molecule has 1 aromatic carbocycles. The van der Waals surface area contributed by atoms with Gasteiger partial charge in [0.15, 0.2) is 0 Å². The van der Waals surface area contributed by atoms with E-state index < -0.39 is 11.8 Å². The third-order valence-electron chi connectivity index (χ3n) is 4.51. The average molecular weight is 305 g/mol. The van der Waals surface area contributed by atoms with E-state index >= 15 is 0 Å². The Bertz CT molecular complexity index is 754. The summed E-state index contributed by atoms with van der Waals surface area (Å²) in [5, 5.41) is 9.99. The van der Waals surface area contributed by atoms with Crippen molar-refractivity contribution in [3.05, 3.63) is 28.7 Å². The van der Waals surface area contributed by atoms with Crippen LogP contribution in [0.5, 0.6) is 0 Å². The summed E-state index contributed by atoms with van der Waals surface area (Å²) >= 11 is 0. The first-order valence-electron chi connectivity index (χ1n) is 7.45. The molecule has 1 aliphatic rings. The van der Waals surface area contributed by atoms with Gasteiger partial charge in [-0.25, -0.2) is 9.18 Å². The summed E-state index contributed by atoms with van der Waals surface area (Å²) in [5.41, 5.74) is 8.67. The van der Waals surface area contributed by atoms with E-state index in [0.29, 0.717) is 23.1 Å². The maximum absolute atomic E-state index is 14.7. The third kappa shape index (κ3) is 2.23. The van der Waals surface area contributed by atoms with Crippen LogP contribution in [0.3, 0.4) is 0 Å². The van der Waals surface area contributed by atoms with Crippen molar-refractivity contribution in [3.8, 4) is 0 Å². The van der Waals surface area contributed by atoms with E-state index in [9.17, 15) is 14.3 Å². The topological polar surface area (TPSA) is 82.4 Å². The first-order valence-corrected chi connectivity index (χ1v) is 7.45. The Morgan fingerprint density at radius 3 is 2.86 bits per heavy atom. The Hall–Kier alpha value is -2.08. The van der Waals surface area contributed by atoms with Gasteiger partial charge in [-0.15, -0.1) is 0 Å². The second-order valence-electron chi connectivity index (χ2n) is 6.03. The van der Waals surface area contributed by atoms with Crippen molar-refractivity contribution in [1.29, 1.82) is 0 Å². The monoisotopic (exact) mass is 305 g/mol. The van der Waals surface area contributed by atoms with Crippen LogP contribution in [-0.2, 0) is 0 Å². The van der Waals surface area contributed by atoms with Gasteiger partial charge in [0, 0.05) is 30.2 Å². The van der Waals surface area contributed by atoms with Crippen molar-refractivity contribution in [2.45, 2.75) is 32.7 Å². The lowest BCUT2D eigenvalue weighted by atomic mass is 10.0. The van der Waals surface area contributed by atoms with Crippen LogP contribution in [0, 0.1) is 19.7 Å². The smallest absolute Gasteiger partial charge is 0.337 e. The first-order chi connectivity index (χ1) is 10.4. The van der Waals surface area contributed by atoms with Gasteiger partial charge in [-0.2, -0.15) is 0 Å². The number of carbonyl (C=O) groups is 1. The van der Waals surface area contributed by atoms with E-state index in [4.69, 9.17) is 5.73 Å². The molecule has 0 saturated carbocycles. The number of aryl methyl sites for hydroxylation is 2. The number of aromatic carboxylic acids is 1. The quantitative estimate of drug-likeness (QED) is 0.796. The third-order valence-corrected chi connectivity index (χ3v) is 4.51. The van der Waals surface area contributed by atoms with Crippen LogP contribution in [0.1, 0.15) is 34.5 Å². The average Bonchev–Trinajstić information content (AvgIpc) is 2.74. The number of nitrogens with two attached hydrogens (primary N) is 1. The molecular weight excluding hydrogens is 285 g/mol. The predicted molar refractivity (Wildman–Crippen MR) is 84.1 cm³/mol. The molecule has 0 amide bonds. The van der Waals surface area contributed by atoms with Crippen molar-refractivity contribution >= 4 is 22.6 Å². The number of nitrogens with one attached hydrogen (secondary N) is 1. The number of aromatic nitrogens is 1. The fraction of sp³-hybridized carbons (Fsp3) is 0.438. The molecule has 0 unspecified atom stereocenters. The van der Waals surface area contributed by atoms with E-state index in [0.717, 1.165) is 36.7 Å². The van der Waals surface area contributed by atoms with Crippen LogP contribution in [0.25, 0.3) is 10.9 Å². The van der Waals surface area contributed by atoms with Gasteiger partial charge in [0.2, 0.25) is 0 Å². The van der Waals surface area contributed by atoms with Crippen molar-refractivity contribution in [3.63, 3.8) is 0 Å². The van der Waals surface area contributed by atoms with Crippen molar-refractivity contribution in [1.82, 2.24) is 4.98 Å². The lowest BCUT2D eigenvalue weighted by Gasteiger charge is -2.33. The SMILES string of the molecule is Cc1[nH]c2c(C(=O)O)cc(F)c(N3CCC[C@H](N)C3)c2c1C. The summed E-state index contributed by atoms with van der Waals surface area (Å²) in [5.74, 6) is -1.63. The highest BCUT2D eigenvalue weighted by Gasteiger charge is 2.26. The number of piperidine rings is 1. The van der Waals surface area contributed by atoms with Crippen LogP contribution in [0.2, 0.25) is 0 Å². The molecule has 2 aromatic rings. The lowest BCUT2D eigenvalue weighted by Crippen LogP contribution is -2.43. The summed E-state index contributed by atoms with van der Waals surface area (Å²) in [6, 6.07) is 1.12. The number of nitrogens with zero attached hydrogens (tertiary/aromatic N) is 1. The maximum atomic E-state index is 14.7. The minimum Gasteiger partial charge on any atom is -0.478 e. The highest BCUT2D eigenvalue weighted by atomic mass is 19.1. The zero-order valence-corrected chi connectivity index (χ0v) is 12.7. The summed E-state index contributed by atoms with van der Waals surface area (Å²) in [7, 11) is 0. The van der Waals surface area contributed by atoms with Crippen LogP contribution in [0.4, 0.5) is 10.1 Å². The van der Waals surface area contributed by atoms with E-state index in [-0.39, 0.29) is 11.6 Å². The van der Waals surface area contributed by atoms with Gasteiger partial charge in [-0.05, 0) is 38.3 Å². The van der Waals surface area contributed by atoms with Gasteiger partial charge in [-0.1, -0.05) is 0 Å². The fourth-order valence-electron chi connectivity index (χ4n) is 3.29. The van der Waals surface area contributed by atoms with Crippen LogP contribution >= 0.6 is 0 Å². The normalized spacial score (nSPS) is 18.9. The number of benzene rings is 1. The Kier molecular flexibility index (Phi) is 3.56. The zero-order valence-electron chi connectivity index (χ0n) is 12.7. The summed E-state index contributed by atoms with van der Waals surface area (Å²) in [6.07, 6.45) is 1.84. The number of hydrogen-bond donors (Lipinski definition) is 3. The van der Waals surface area contributed by atoms with Gasteiger partial charge in [0.05, 0.1) is 16.8 Å². The number of H-pyrrole nitrogens is 1. The molecule has 0 spiro atoms. The zero-order chi connectivity index (χ0) is 16.0. The number of hydrogen-bond acceptors (Lipinski definition) is 3. The van der Waals surface area contributed by atoms with Gasteiger partial charge in [0.1, 0.15) is 5.82 Å². The molecule has 1 atom stereocenters. The molecule has 118 valence electrons. The highest BCUT2D eigenvalue weighted by molar-refractivity contribution is 6.08. The molecule has 6 heteroatoms. The molecule has 4 N–H and O–H groups in total. The van der Waals surface area contributed by atoms with Crippen molar-refractivity contribution in [2.75, 3.05) is 18.0 Å². The number of anilines is 1. The molecule has 1 fully saturated rings. The molecule has 2 heterocycles. The summed E-state index contributed by atoms with van der Waals surface area (Å²) in [4.78, 5) is 16.4. The van der Waals surface area contributed by atoms with Gasteiger partial charge in [0.25, 0.3) is 0 Å². The molecule has 1 aliphatic heterocycles. The number of aromatic amines is 1. The number of fused-ring (bicyclic) bond motifs is 1. The first kappa shape index (κ1) is 14.8. The maximum Gasteiger partial charge on any atom is 0.337 e. The highest BCUT2D eigenvalue weighted by Crippen LogP contribution is 2.37. The molecule has 0 aliphatic carbocycles. The van der Waals surface area contributed by atoms with E-state index in [1.165, 1.54) is 0 Å². The van der Waals surface area contributed by atoms with Crippen molar-refractivity contribution in [2.24, 2.45) is 5.73 Å². The number of carboxylic acids is 1. The summed E-state index contributed by atoms with van der Waals surface area (Å²) < 4.78 is 14.7. The number of rotatable bonds is 2. The molecule has 1 saturated heterocycles. The Labute approximate surface area is 127 Å². The van der Waals surface area contributed by atoms with Gasteiger partial charge in [-0.3, -0.25) is 0 Å². The minimum absolute atomic E-state index is 0.0164. The molecular formula is C16H20FN3O2. The number of carboxylic acid groups (broad SMARTS) is 1. The number of halogens is 1. The van der Waals surface area contributed by atoms with E-state index in [1.807, 2.05) is 18.7 Å². The molecule has 1 aromatic heterocycles. The van der Waals surface area contributed by atoms with Crippen LogP contribution in [0.15, 0.2) is 6.07 Å². The predicted octanol–water partition coefficient (Wildman–Crippen LogP) is 2.55. The van der Waals surface area contributed by atoms with E-state index in [2.05, 4.69) is 4.98 Å². The largest absolute Gasteiger partial charge is 0.478 e. The van der Waals surface area contributed by atoms with Crippen molar-refractivity contribution < 1.29 is 14.3 Å².